The number of benzene rings is 1. The minimum Gasteiger partial charge on any atom is -0.504 e. The highest BCUT2D eigenvalue weighted by molar-refractivity contribution is 9.10. The molecule has 3 nitrogen and oxygen atoms in total. The largest absolute Gasteiger partial charge is 0.504 e. The quantitative estimate of drug-likeness (QED) is 0.701. The molecule has 0 amide bonds. The standard InChI is InChI=1S/C10H12BrNO2/c1-12-4-2-3-6-8(12)5-7(11)10(14)9(6)13/h5,13-14H,2-4H2,1H3. The molecule has 14 heavy (non-hydrogen) atoms. The molecular weight excluding hydrogens is 246 g/mol. The van der Waals surface area contributed by atoms with E-state index in [-0.39, 0.29) is 11.5 Å². The van der Waals surface area contributed by atoms with Crippen molar-refractivity contribution in [1.82, 2.24) is 0 Å². The molecule has 0 radical (unpaired) electrons. The molecule has 76 valence electrons. The second-order valence-electron chi connectivity index (χ2n) is 3.58. The Balaban J connectivity index is 2.63. The third kappa shape index (κ3) is 1.34. The summed E-state index contributed by atoms with van der Waals surface area (Å²) in [5, 5.41) is 19.3. The van der Waals surface area contributed by atoms with Gasteiger partial charge in [-0.3, -0.25) is 0 Å². The average molecular weight is 258 g/mol. The van der Waals surface area contributed by atoms with E-state index in [1.54, 1.807) is 0 Å². The summed E-state index contributed by atoms with van der Waals surface area (Å²) >= 11 is 3.22. The number of rotatable bonds is 0. The summed E-state index contributed by atoms with van der Waals surface area (Å²) in [4.78, 5) is 2.09. The number of nitrogens with zero attached hydrogens (tertiary/aromatic N) is 1. The SMILES string of the molecule is CN1CCCc2c1cc(Br)c(O)c2O. The molecule has 0 spiro atoms. The summed E-state index contributed by atoms with van der Waals surface area (Å²) < 4.78 is 0.544. The molecule has 1 aliphatic heterocycles. The van der Waals surface area contributed by atoms with E-state index in [0.717, 1.165) is 30.6 Å². The number of phenols is 2. The third-order valence-corrected chi connectivity index (χ3v) is 3.25. The zero-order chi connectivity index (χ0) is 10.3. The lowest BCUT2D eigenvalue weighted by Crippen LogP contribution is -2.24. The number of halogens is 1. The molecule has 0 bridgehead atoms. The lowest BCUT2D eigenvalue weighted by Gasteiger charge is -2.28. The van der Waals surface area contributed by atoms with E-state index >= 15 is 0 Å². The maximum Gasteiger partial charge on any atom is 0.172 e. The van der Waals surface area contributed by atoms with Crippen LogP contribution in [-0.2, 0) is 6.42 Å². The second kappa shape index (κ2) is 3.35. The van der Waals surface area contributed by atoms with Crippen LogP contribution in [0.15, 0.2) is 10.5 Å². The maximum absolute atomic E-state index is 9.74. The first-order valence-electron chi connectivity index (χ1n) is 4.55. The Hall–Kier alpha value is -0.900. The molecule has 1 aromatic rings. The van der Waals surface area contributed by atoms with Crippen LogP contribution >= 0.6 is 15.9 Å². The number of aromatic hydroxyl groups is 2. The number of phenolic OH excluding ortho intramolecular Hbond substituents is 2. The first-order chi connectivity index (χ1) is 6.61. The van der Waals surface area contributed by atoms with Crippen molar-refractivity contribution in [2.75, 3.05) is 18.5 Å². The highest BCUT2D eigenvalue weighted by Crippen LogP contribution is 2.43. The molecule has 0 fully saturated rings. The van der Waals surface area contributed by atoms with Gasteiger partial charge in [0, 0.05) is 24.8 Å². The Kier molecular flexibility index (Phi) is 2.31. The molecule has 4 heteroatoms. The van der Waals surface area contributed by atoms with E-state index in [1.807, 2.05) is 13.1 Å². The lowest BCUT2D eigenvalue weighted by molar-refractivity contribution is 0.396. The van der Waals surface area contributed by atoms with Gasteiger partial charge in [0.15, 0.2) is 11.5 Å². The molecular formula is C10H12BrNO2. The maximum atomic E-state index is 9.74. The van der Waals surface area contributed by atoms with Crippen LogP contribution in [0.4, 0.5) is 5.69 Å². The van der Waals surface area contributed by atoms with E-state index in [4.69, 9.17) is 0 Å². The van der Waals surface area contributed by atoms with Crippen LogP contribution in [-0.4, -0.2) is 23.8 Å². The molecule has 0 saturated carbocycles. The number of anilines is 1. The molecule has 0 unspecified atom stereocenters. The summed E-state index contributed by atoms with van der Waals surface area (Å²) in [5.74, 6) is -0.0417. The predicted octanol–water partition coefficient (Wildman–Crippen LogP) is 2.24. The third-order valence-electron chi connectivity index (χ3n) is 2.64. The van der Waals surface area contributed by atoms with Crippen molar-refractivity contribution in [3.63, 3.8) is 0 Å². The van der Waals surface area contributed by atoms with Crippen molar-refractivity contribution < 1.29 is 10.2 Å². The van der Waals surface area contributed by atoms with Gasteiger partial charge in [-0.25, -0.2) is 0 Å². The predicted molar refractivity (Wildman–Crippen MR) is 59.1 cm³/mol. The van der Waals surface area contributed by atoms with E-state index in [0.29, 0.717) is 4.47 Å². The smallest absolute Gasteiger partial charge is 0.172 e. The fourth-order valence-electron chi connectivity index (χ4n) is 1.85. The first-order valence-corrected chi connectivity index (χ1v) is 5.35. The van der Waals surface area contributed by atoms with Gasteiger partial charge in [0.2, 0.25) is 0 Å². The van der Waals surface area contributed by atoms with Gasteiger partial charge in [-0.2, -0.15) is 0 Å². The molecule has 0 aromatic heterocycles. The Morgan fingerprint density at radius 2 is 2.07 bits per heavy atom. The first kappa shape index (κ1) is 9.65. The van der Waals surface area contributed by atoms with Crippen LogP contribution in [0, 0.1) is 0 Å². The van der Waals surface area contributed by atoms with Crippen molar-refractivity contribution in [2.45, 2.75) is 12.8 Å². The van der Waals surface area contributed by atoms with Gasteiger partial charge in [-0.05, 0) is 34.8 Å². The monoisotopic (exact) mass is 257 g/mol. The Morgan fingerprint density at radius 1 is 1.36 bits per heavy atom. The summed E-state index contributed by atoms with van der Waals surface area (Å²) in [7, 11) is 1.99. The van der Waals surface area contributed by atoms with E-state index in [1.165, 1.54) is 0 Å². The summed E-state index contributed by atoms with van der Waals surface area (Å²) in [6.07, 6.45) is 1.84. The Bertz CT molecular complexity index is 379. The second-order valence-corrected chi connectivity index (χ2v) is 4.43. The molecule has 2 N–H and O–H groups in total. The van der Waals surface area contributed by atoms with Crippen LogP contribution in [0.1, 0.15) is 12.0 Å². The van der Waals surface area contributed by atoms with Crippen LogP contribution < -0.4 is 4.90 Å². The molecule has 1 aromatic carbocycles. The Morgan fingerprint density at radius 3 is 2.79 bits per heavy atom. The minimum atomic E-state index is -0.0564. The topological polar surface area (TPSA) is 43.7 Å². The summed E-state index contributed by atoms with van der Waals surface area (Å²) in [5.41, 5.74) is 1.85. The van der Waals surface area contributed by atoms with Crippen molar-refractivity contribution in [3.8, 4) is 11.5 Å². The molecule has 1 heterocycles. The van der Waals surface area contributed by atoms with Crippen LogP contribution in [0.3, 0.4) is 0 Å². The van der Waals surface area contributed by atoms with Crippen LogP contribution in [0.2, 0.25) is 0 Å². The van der Waals surface area contributed by atoms with E-state index < -0.39 is 0 Å². The van der Waals surface area contributed by atoms with Crippen LogP contribution in [0.5, 0.6) is 11.5 Å². The average Bonchev–Trinajstić information content (AvgIpc) is 2.17. The fourth-order valence-corrected chi connectivity index (χ4v) is 2.26. The van der Waals surface area contributed by atoms with Gasteiger partial charge in [-0.15, -0.1) is 0 Å². The highest BCUT2D eigenvalue weighted by Gasteiger charge is 2.21. The normalized spacial score (nSPS) is 15.4. The molecule has 1 aliphatic rings. The summed E-state index contributed by atoms with van der Waals surface area (Å²) in [6, 6.07) is 1.85. The fraction of sp³-hybridized carbons (Fsp3) is 0.400. The minimum absolute atomic E-state index is 0.0147. The van der Waals surface area contributed by atoms with Gasteiger partial charge in [0.25, 0.3) is 0 Å². The molecule has 0 aliphatic carbocycles. The zero-order valence-electron chi connectivity index (χ0n) is 7.92. The summed E-state index contributed by atoms with van der Waals surface area (Å²) in [6.45, 7) is 0.990. The number of hydrogen-bond acceptors (Lipinski definition) is 3. The van der Waals surface area contributed by atoms with Gasteiger partial charge in [0.1, 0.15) is 0 Å². The number of hydrogen-bond donors (Lipinski definition) is 2. The highest BCUT2D eigenvalue weighted by atomic mass is 79.9. The Labute approximate surface area is 91.1 Å². The van der Waals surface area contributed by atoms with Gasteiger partial charge in [0.05, 0.1) is 4.47 Å². The van der Waals surface area contributed by atoms with Crippen molar-refractivity contribution in [2.24, 2.45) is 0 Å². The molecule has 2 rings (SSSR count). The van der Waals surface area contributed by atoms with Crippen molar-refractivity contribution >= 4 is 21.6 Å². The van der Waals surface area contributed by atoms with Crippen molar-refractivity contribution in [1.29, 1.82) is 0 Å². The van der Waals surface area contributed by atoms with Crippen LogP contribution in [0.25, 0.3) is 0 Å². The molecule has 0 saturated heterocycles. The lowest BCUT2D eigenvalue weighted by atomic mass is 10.0. The number of fused-ring (bicyclic) bond motifs is 1. The van der Waals surface area contributed by atoms with Gasteiger partial charge >= 0.3 is 0 Å². The molecule has 0 atom stereocenters. The zero-order valence-corrected chi connectivity index (χ0v) is 9.50. The van der Waals surface area contributed by atoms with Crippen molar-refractivity contribution in [3.05, 3.63) is 16.1 Å². The van der Waals surface area contributed by atoms with Gasteiger partial charge < -0.3 is 15.1 Å². The van der Waals surface area contributed by atoms with E-state index in [2.05, 4.69) is 20.8 Å². The van der Waals surface area contributed by atoms with Gasteiger partial charge in [-0.1, -0.05) is 0 Å². The van der Waals surface area contributed by atoms with E-state index in [9.17, 15) is 10.2 Å².